The molecule has 1 fully saturated rings. The van der Waals surface area contributed by atoms with Crippen molar-refractivity contribution >= 4 is 35.8 Å². The minimum Gasteiger partial charge on any atom is -0.357 e. The lowest BCUT2D eigenvalue weighted by molar-refractivity contribution is -0.143. The Morgan fingerprint density at radius 3 is 2.39 bits per heavy atom. The van der Waals surface area contributed by atoms with Gasteiger partial charge in [-0.2, -0.15) is 13.2 Å². The maximum atomic E-state index is 12.6. The highest BCUT2D eigenvalue weighted by Crippen LogP contribution is 2.20. The highest BCUT2D eigenvalue weighted by Gasteiger charge is 2.34. The summed E-state index contributed by atoms with van der Waals surface area (Å²) in [5.41, 5.74) is 1.60. The van der Waals surface area contributed by atoms with Crippen LogP contribution in [-0.2, 0) is 6.54 Å². The van der Waals surface area contributed by atoms with Crippen molar-refractivity contribution in [3.63, 3.8) is 0 Å². The molecule has 176 valence electrons. The van der Waals surface area contributed by atoms with Crippen LogP contribution in [-0.4, -0.2) is 73.2 Å². The molecule has 1 amide bonds. The van der Waals surface area contributed by atoms with Crippen LogP contribution in [0.15, 0.2) is 29.3 Å². The Kier molecular flexibility index (Phi) is 11.6. The van der Waals surface area contributed by atoms with Gasteiger partial charge in [-0.15, -0.1) is 24.0 Å². The standard InChI is InChI=1S/C21H32F3N5O.HI/c1-4-25-20(27-18-11-12-28(14-18)15-21(22,23)24)26-13-16-7-9-17(10-8-16)19(30)29(5-2)6-3;/h7-10,18H,4-6,11-15H2,1-3H3,(H2,25,26,27);1H. The molecule has 10 heteroatoms. The Balaban J connectivity index is 0.00000480. The number of hydrogen-bond acceptors (Lipinski definition) is 3. The predicted molar refractivity (Wildman–Crippen MR) is 128 cm³/mol. The smallest absolute Gasteiger partial charge is 0.357 e. The van der Waals surface area contributed by atoms with Crippen LogP contribution in [0.2, 0.25) is 0 Å². The van der Waals surface area contributed by atoms with Crippen LogP contribution in [0.1, 0.15) is 43.1 Å². The van der Waals surface area contributed by atoms with Crippen LogP contribution < -0.4 is 10.6 Å². The van der Waals surface area contributed by atoms with Crippen LogP contribution in [0, 0.1) is 0 Å². The van der Waals surface area contributed by atoms with Crippen molar-refractivity contribution in [1.29, 1.82) is 0 Å². The molecule has 1 saturated heterocycles. The van der Waals surface area contributed by atoms with E-state index >= 15 is 0 Å². The van der Waals surface area contributed by atoms with E-state index in [9.17, 15) is 18.0 Å². The van der Waals surface area contributed by atoms with E-state index in [4.69, 9.17) is 0 Å². The first-order chi connectivity index (χ1) is 14.3. The summed E-state index contributed by atoms with van der Waals surface area (Å²) in [6.45, 7) is 8.12. The van der Waals surface area contributed by atoms with Gasteiger partial charge in [-0.1, -0.05) is 12.1 Å². The fourth-order valence-corrected chi connectivity index (χ4v) is 3.48. The number of alkyl halides is 3. The molecule has 1 aliphatic rings. The number of nitrogens with one attached hydrogen (secondary N) is 2. The van der Waals surface area contributed by atoms with E-state index in [0.717, 1.165) is 5.56 Å². The average molecular weight is 555 g/mol. The zero-order valence-corrected chi connectivity index (χ0v) is 20.7. The van der Waals surface area contributed by atoms with Gasteiger partial charge in [0.1, 0.15) is 0 Å². The third-order valence-corrected chi connectivity index (χ3v) is 5.03. The number of guanidine groups is 1. The molecule has 0 saturated carbocycles. The maximum absolute atomic E-state index is 12.6. The highest BCUT2D eigenvalue weighted by molar-refractivity contribution is 14.0. The second-order valence-electron chi connectivity index (χ2n) is 7.35. The summed E-state index contributed by atoms with van der Waals surface area (Å²) in [6, 6.07) is 7.30. The van der Waals surface area contributed by atoms with Crippen molar-refractivity contribution in [2.24, 2.45) is 4.99 Å². The van der Waals surface area contributed by atoms with Crippen molar-refractivity contribution in [3.8, 4) is 0 Å². The van der Waals surface area contributed by atoms with Crippen LogP contribution in [0.25, 0.3) is 0 Å². The third-order valence-electron chi connectivity index (χ3n) is 5.03. The Labute approximate surface area is 199 Å². The van der Waals surface area contributed by atoms with Crippen LogP contribution >= 0.6 is 24.0 Å². The molecule has 1 heterocycles. The molecule has 6 nitrogen and oxygen atoms in total. The van der Waals surface area contributed by atoms with Crippen molar-refractivity contribution in [2.45, 2.75) is 46.0 Å². The molecule has 1 aromatic carbocycles. The molecule has 0 aliphatic carbocycles. The lowest BCUT2D eigenvalue weighted by Crippen LogP contribution is -2.45. The lowest BCUT2D eigenvalue weighted by Gasteiger charge is -2.20. The van der Waals surface area contributed by atoms with Crippen molar-refractivity contribution in [1.82, 2.24) is 20.4 Å². The monoisotopic (exact) mass is 555 g/mol. The molecule has 2 N–H and O–H groups in total. The van der Waals surface area contributed by atoms with E-state index in [1.165, 1.54) is 4.90 Å². The zero-order chi connectivity index (χ0) is 22.1. The van der Waals surface area contributed by atoms with Gasteiger partial charge in [-0.05, 0) is 44.9 Å². The molecule has 1 atom stereocenters. The molecule has 0 bridgehead atoms. The molecule has 0 spiro atoms. The van der Waals surface area contributed by atoms with Gasteiger partial charge in [-0.3, -0.25) is 9.69 Å². The van der Waals surface area contributed by atoms with Gasteiger partial charge in [0.25, 0.3) is 5.91 Å². The molecule has 0 radical (unpaired) electrons. The van der Waals surface area contributed by atoms with E-state index in [2.05, 4.69) is 15.6 Å². The largest absolute Gasteiger partial charge is 0.401 e. The average Bonchev–Trinajstić information content (AvgIpc) is 3.12. The van der Waals surface area contributed by atoms with Gasteiger partial charge in [-0.25, -0.2) is 4.99 Å². The van der Waals surface area contributed by atoms with E-state index in [0.29, 0.717) is 57.2 Å². The van der Waals surface area contributed by atoms with Crippen molar-refractivity contribution in [2.75, 3.05) is 39.3 Å². The lowest BCUT2D eigenvalue weighted by atomic mass is 10.1. The molecular weight excluding hydrogens is 522 g/mol. The van der Waals surface area contributed by atoms with Crippen molar-refractivity contribution < 1.29 is 18.0 Å². The minimum absolute atomic E-state index is 0. The normalized spacial score (nSPS) is 17.2. The number of rotatable bonds is 8. The predicted octanol–water partition coefficient (Wildman–Crippen LogP) is 3.48. The molecule has 0 aromatic heterocycles. The Morgan fingerprint density at radius 1 is 1.19 bits per heavy atom. The number of halogens is 4. The highest BCUT2D eigenvalue weighted by atomic mass is 127. The van der Waals surface area contributed by atoms with E-state index < -0.39 is 12.7 Å². The summed E-state index contributed by atoms with van der Waals surface area (Å²) in [5, 5.41) is 6.37. The number of carbonyl (C=O) groups is 1. The van der Waals surface area contributed by atoms with Crippen LogP contribution in [0.3, 0.4) is 0 Å². The first-order valence-corrected chi connectivity index (χ1v) is 10.5. The van der Waals surface area contributed by atoms with Crippen molar-refractivity contribution in [3.05, 3.63) is 35.4 Å². The number of likely N-dealkylation sites (tertiary alicyclic amines) is 1. The Bertz CT molecular complexity index is 708. The Hall–Kier alpha value is -1.56. The molecule has 2 rings (SSSR count). The minimum atomic E-state index is -4.17. The summed E-state index contributed by atoms with van der Waals surface area (Å²) in [5.74, 6) is 0.592. The van der Waals surface area contributed by atoms with Gasteiger partial charge >= 0.3 is 6.18 Å². The summed E-state index contributed by atoms with van der Waals surface area (Å²) >= 11 is 0. The first-order valence-electron chi connectivity index (χ1n) is 10.5. The Morgan fingerprint density at radius 2 is 1.84 bits per heavy atom. The number of benzene rings is 1. The second-order valence-corrected chi connectivity index (χ2v) is 7.35. The number of hydrogen-bond donors (Lipinski definition) is 2. The van der Waals surface area contributed by atoms with Gasteiger partial charge in [0.05, 0.1) is 13.1 Å². The number of amides is 1. The second kappa shape index (κ2) is 13.1. The topological polar surface area (TPSA) is 60.0 Å². The fraction of sp³-hybridized carbons (Fsp3) is 0.619. The van der Waals surface area contributed by atoms with E-state index in [1.54, 1.807) is 17.0 Å². The molecule has 1 aliphatic heterocycles. The van der Waals surface area contributed by atoms with Crippen LogP contribution in [0.4, 0.5) is 13.2 Å². The van der Waals surface area contributed by atoms with Gasteiger partial charge < -0.3 is 15.5 Å². The van der Waals surface area contributed by atoms with Gasteiger partial charge in [0.15, 0.2) is 5.96 Å². The number of carbonyl (C=O) groups excluding carboxylic acids is 1. The summed E-state index contributed by atoms with van der Waals surface area (Å²) in [6.07, 6.45) is -3.53. The van der Waals surface area contributed by atoms with E-state index in [-0.39, 0.29) is 35.9 Å². The third kappa shape index (κ3) is 9.22. The summed E-state index contributed by atoms with van der Waals surface area (Å²) in [4.78, 5) is 20.1. The maximum Gasteiger partial charge on any atom is 0.401 e. The fourth-order valence-electron chi connectivity index (χ4n) is 3.48. The zero-order valence-electron chi connectivity index (χ0n) is 18.3. The summed E-state index contributed by atoms with van der Waals surface area (Å²) < 4.78 is 37.7. The molecule has 31 heavy (non-hydrogen) atoms. The van der Waals surface area contributed by atoms with E-state index in [1.807, 2.05) is 32.9 Å². The molecule has 1 aromatic rings. The van der Waals surface area contributed by atoms with Gasteiger partial charge in [0.2, 0.25) is 0 Å². The first kappa shape index (κ1) is 27.5. The molecule has 1 unspecified atom stereocenters. The van der Waals surface area contributed by atoms with Crippen LogP contribution in [0.5, 0.6) is 0 Å². The quantitative estimate of drug-likeness (QED) is 0.293. The molecular formula is C21H33F3IN5O. The number of nitrogens with zero attached hydrogens (tertiary/aromatic N) is 3. The summed E-state index contributed by atoms with van der Waals surface area (Å²) in [7, 11) is 0. The SMILES string of the molecule is CCNC(=NCc1ccc(C(=O)N(CC)CC)cc1)NC1CCN(CC(F)(F)F)C1.I. The van der Waals surface area contributed by atoms with Gasteiger partial charge in [0, 0.05) is 44.3 Å². The number of aliphatic imine (C=N–C) groups is 1.